The van der Waals surface area contributed by atoms with Crippen molar-refractivity contribution in [2.24, 2.45) is 0 Å². The van der Waals surface area contributed by atoms with Gasteiger partial charge in [-0.2, -0.15) is 0 Å². The second-order valence-corrected chi connectivity index (χ2v) is 5.82. The molecule has 1 amide bonds. The molecular weight excluding hydrogens is 320 g/mol. The molecule has 0 saturated heterocycles. The average Bonchev–Trinajstić information content (AvgIpc) is 3.06. The Bertz CT molecular complexity index is 946. The summed E-state index contributed by atoms with van der Waals surface area (Å²) in [6.07, 6.45) is 0.375. The normalized spacial score (nSPS) is 12.0. The number of rotatable bonds is 4. The molecule has 1 heterocycles. The van der Waals surface area contributed by atoms with Crippen molar-refractivity contribution in [3.63, 3.8) is 0 Å². The van der Waals surface area contributed by atoms with Gasteiger partial charge in [0.1, 0.15) is 5.52 Å². The molecule has 1 unspecified atom stereocenters. The van der Waals surface area contributed by atoms with Gasteiger partial charge < -0.3 is 14.5 Å². The number of nitrogens with one attached hydrogen (secondary N) is 1. The first-order valence-electron chi connectivity index (χ1n) is 7.87. The van der Waals surface area contributed by atoms with E-state index in [1.165, 1.54) is 13.3 Å². The number of anilines is 1. The van der Waals surface area contributed by atoms with Crippen molar-refractivity contribution < 1.29 is 18.7 Å². The second-order valence-electron chi connectivity index (χ2n) is 5.82. The summed E-state index contributed by atoms with van der Waals surface area (Å²) in [5, 5.41) is 2.79. The summed E-state index contributed by atoms with van der Waals surface area (Å²) in [4.78, 5) is 28.5. The van der Waals surface area contributed by atoms with E-state index < -0.39 is 12.1 Å². The summed E-state index contributed by atoms with van der Waals surface area (Å²) in [7, 11) is 0. The molecule has 0 spiro atoms. The number of carbonyl (C=O) groups is 2. The lowest BCUT2D eigenvalue weighted by Gasteiger charge is -2.15. The zero-order valence-corrected chi connectivity index (χ0v) is 14.2. The van der Waals surface area contributed by atoms with E-state index in [4.69, 9.17) is 9.15 Å². The van der Waals surface area contributed by atoms with E-state index in [2.05, 4.69) is 10.3 Å². The Morgan fingerprint density at radius 3 is 2.80 bits per heavy atom. The van der Waals surface area contributed by atoms with E-state index in [-0.39, 0.29) is 5.91 Å². The van der Waals surface area contributed by atoms with Gasteiger partial charge in [-0.3, -0.25) is 4.79 Å². The third-order valence-electron chi connectivity index (χ3n) is 4.08. The number of nitrogens with zero attached hydrogens (tertiary/aromatic N) is 1. The Morgan fingerprint density at radius 1 is 1.20 bits per heavy atom. The molecule has 0 bridgehead atoms. The summed E-state index contributed by atoms with van der Waals surface area (Å²) >= 11 is 0. The van der Waals surface area contributed by atoms with Crippen molar-refractivity contribution in [3.8, 4) is 0 Å². The summed E-state index contributed by atoms with van der Waals surface area (Å²) < 4.78 is 10.4. The van der Waals surface area contributed by atoms with Crippen LogP contribution in [0.2, 0.25) is 0 Å². The average molecular weight is 338 g/mol. The van der Waals surface area contributed by atoms with Crippen molar-refractivity contribution in [1.82, 2.24) is 4.98 Å². The molecule has 1 aromatic heterocycles. The Kier molecular flexibility index (Phi) is 4.52. The lowest BCUT2D eigenvalue weighted by Crippen LogP contribution is -2.30. The number of hydrogen-bond acceptors (Lipinski definition) is 5. The van der Waals surface area contributed by atoms with Crippen LogP contribution in [0, 0.1) is 13.8 Å². The van der Waals surface area contributed by atoms with E-state index in [1.54, 1.807) is 18.2 Å². The molecule has 6 heteroatoms. The molecule has 3 aromatic rings. The van der Waals surface area contributed by atoms with Crippen LogP contribution in [0.3, 0.4) is 0 Å². The van der Waals surface area contributed by atoms with Gasteiger partial charge in [0.25, 0.3) is 5.91 Å². The molecule has 6 nitrogen and oxygen atoms in total. The Hall–Kier alpha value is -3.15. The van der Waals surface area contributed by atoms with Gasteiger partial charge in [0.05, 0.1) is 5.56 Å². The van der Waals surface area contributed by atoms with E-state index in [1.807, 2.05) is 32.0 Å². The molecule has 0 aliphatic carbocycles. The maximum atomic E-state index is 12.3. The van der Waals surface area contributed by atoms with Gasteiger partial charge >= 0.3 is 5.97 Å². The predicted octanol–water partition coefficient (Wildman–Crippen LogP) is 3.63. The van der Waals surface area contributed by atoms with Crippen molar-refractivity contribution in [2.75, 3.05) is 5.32 Å². The molecule has 128 valence electrons. The SMILES string of the molecule is Cc1cccc(NC(=O)C(C)OC(=O)c2ccc3ocnc3c2)c1C. The number of aryl methyl sites for hydroxylation is 1. The van der Waals surface area contributed by atoms with Crippen molar-refractivity contribution in [3.05, 3.63) is 59.5 Å². The number of hydrogen-bond donors (Lipinski definition) is 1. The standard InChI is InChI=1S/C19H18N2O4/c1-11-5-4-6-15(12(11)2)21-18(22)13(3)25-19(23)14-7-8-17-16(9-14)20-10-24-17/h4-10,13H,1-3H3,(H,21,22). The maximum absolute atomic E-state index is 12.3. The number of benzene rings is 2. The third-order valence-corrected chi connectivity index (χ3v) is 4.08. The largest absolute Gasteiger partial charge is 0.449 e. The van der Waals surface area contributed by atoms with Crippen LogP contribution in [0.15, 0.2) is 47.2 Å². The number of ether oxygens (including phenoxy) is 1. The molecule has 1 atom stereocenters. The Labute approximate surface area is 144 Å². The summed E-state index contributed by atoms with van der Waals surface area (Å²) in [5.41, 5.74) is 4.21. The lowest BCUT2D eigenvalue weighted by atomic mass is 10.1. The molecule has 0 fully saturated rings. The van der Waals surface area contributed by atoms with Crippen LogP contribution in [0.1, 0.15) is 28.4 Å². The zero-order valence-electron chi connectivity index (χ0n) is 14.2. The summed E-state index contributed by atoms with van der Waals surface area (Å²) in [6.45, 7) is 5.43. The van der Waals surface area contributed by atoms with E-state index in [0.717, 1.165) is 11.1 Å². The molecule has 0 aliphatic rings. The maximum Gasteiger partial charge on any atom is 0.338 e. The third kappa shape index (κ3) is 3.52. The van der Waals surface area contributed by atoms with Crippen LogP contribution in [0.4, 0.5) is 5.69 Å². The van der Waals surface area contributed by atoms with Crippen LogP contribution in [-0.2, 0) is 9.53 Å². The van der Waals surface area contributed by atoms with Crippen molar-refractivity contribution in [2.45, 2.75) is 26.9 Å². The fraction of sp³-hybridized carbons (Fsp3) is 0.211. The fourth-order valence-corrected chi connectivity index (χ4v) is 2.39. The number of amides is 1. The number of aromatic nitrogens is 1. The van der Waals surface area contributed by atoms with E-state index in [0.29, 0.717) is 22.4 Å². The molecule has 0 saturated carbocycles. The van der Waals surface area contributed by atoms with Crippen molar-refractivity contribution in [1.29, 1.82) is 0 Å². The highest BCUT2D eigenvalue weighted by atomic mass is 16.5. The first kappa shape index (κ1) is 16.7. The minimum Gasteiger partial charge on any atom is -0.449 e. The van der Waals surface area contributed by atoms with Crippen molar-refractivity contribution >= 4 is 28.7 Å². The van der Waals surface area contributed by atoms with Crippen LogP contribution in [-0.4, -0.2) is 23.0 Å². The highest BCUT2D eigenvalue weighted by molar-refractivity contribution is 5.98. The second kappa shape index (κ2) is 6.76. The van der Waals surface area contributed by atoms with Gasteiger partial charge in [-0.15, -0.1) is 0 Å². The quantitative estimate of drug-likeness (QED) is 0.735. The molecule has 0 radical (unpaired) electrons. The molecule has 1 N–H and O–H groups in total. The first-order chi connectivity index (χ1) is 12.0. The zero-order chi connectivity index (χ0) is 18.0. The van der Waals surface area contributed by atoms with Crippen LogP contribution in [0.5, 0.6) is 0 Å². The smallest absolute Gasteiger partial charge is 0.338 e. The number of fused-ring (bicyclic) bond motifs is 1. The lowest BCUT2D eigenvalue weighted by molar-refractivity contribution is -0.123. The van der Waals surface area contributed by atoms with E-state index >= 15 is 0 Å². The monoisotopic (exact) mass is 338 g/mol. The van der Waals surface area contributed by atoms with Gasteiger partial charge in [-0.05, 0) is 56.2 Å². The minimum atomic E-state index is -0.930. The van der Waals surface area contributed by atoms with Crippen LogP contribution < -0.4 is 5.32 Å². The Morgan fingerprint density at radius 2 is 2.00 bits per heavy atom. The van der Waals surface area contributed by atoms with Gasteiger partial charge in [-0.25, -0.2) is 9.78 Å². The number of oxazole rings is 1. The first-order valence-corrected chi connectivity index (χ1v) is 7.87. The van der Waals surface area contributed by atoms with Gasteiger partial charge in [0.15, 0.2) is 18.1 Å². The summed E-state index contributed by atoms with van der Waals surface area (Å²) in [5.74, 6) is -0.974. The van der Waals surface area contributed by atoms with Crippen LogP contribution >= 0.6 is 0 Å². The molecule has 0 aliphatic heterocycles. The Balaban J connectivity index is 1.68. The van der Waals surface area contributed by atoms with E-state index in [9.17, 15) is 9.59 Å². The van der Waals surface area contributed by atoms with Gasteiger partial charge in [0, 0.05) is 5.69 Å². The topological polar surface area (TPSA) is 81.4 Å². The fourth-order valence-electron chi connectivity index (χ4n) is 2.39. The number of carbonyl (C=O) groups excluding carboxylic acids is 2. The highest BCUT2D eigenvalue weighted by Gasteiger charge is 2.20. The molecule has 25 heavy (non-hydrogen) atoms. The number of esters is 1. The predicted molar refractivity (Wildman–Crippen MR) is 93.4 cm³/mol. The minimum absolute atomic E-state index is 0.313. The van der Waals surface area contributed by atoms with Crippen LogP contribution in [0.25, 0.3) is 11.1 Å². The summed E-state index contributed by atoms with van der Waals surface area (Å²) in [6, 6.07) is 10.4. The van der Waals surface area contributed by atoms with Gasteiger partial charge in [-0.1, -0.05) is 12.1 Å². The molecule has 2 aromatic carbocycles. The molecular formula is C19H18N2O4. The molecule has 3 rings (SSSR count). The van der Waals surface area contributed by atoms with Gasteiger partial charge in [0.2, 0.25) is 0 Å². The highest BCUT2D eigenvalue weighted by Crippen LogP contribution is 2.19.